The predicted octanol–water partition coefficient (Wildman–Crippen LogP) is 1.95. The van der Waals surface area contributed by atoms with Crippen LogP contribution in [0.2, 0.25) is 5.15 Å². The Kier molecular flexibility index (Phi) is 4.67. The number of pyridine rings is 1. The van der Waals surface area contributed by atoms with E-state index in [9.17, 15) is 4.79 Å². The fraction of sp³-hybridized carbons (Fsp3) is 0.562. The Hall–Kier alpha value is -2.20. The van der Waals surface area contributed by atoms with E-state index in [1.165, 1.54) is 0 Å². The predicted molar refractivity (Wildman–Crippen MR) is 90.5 cm³/mol. The van der Waals surface area contributed by atoms with Crippen LogP contribution >= 0.6 is 11.6 Å². The zero-order valence-electron chi connectivity index (χ0n) is 13.8. The molecule has 0 bridgehead atoms. The zero-order chi connectivity index (χ0) is 17.3. The molecular formula is C16H20ClN5O2. The summed E-state index contributed by atoms with van der Waals surface area (Å²) in [7, 11) is 3.38. The topological polar surface area (TPSA) is 72.7 Å². The highest BCUT2D eigenvalue weighted by Crippen LogP contribution is 2.33. The van der Waals surface area contributed by atoms with Crippen LogP contribution in [0, 0.1) is 11.3 Å². The van der Waals surface area contributed by atoms with Gasteiger partial charge in [0.25, 0.3) is 0 Å². The van der Waals surface area contributed by atoms with E-state index in [0.717, 1.165) is 32.5 Å². The first kappa shape index (κ1) is 16.7. The number of methoxy groups -OCH3 is 1. The van der Waals surface area contributed by atoms with Crippen molar-refractivity contribution in [1.29, 1.82) is 5.26 Å². The van der Waals surface area contributed by atoms with Crippen molar-refractivity contribution in [2.75, 3.05) is 45.2 Å². The zero-order valence-corrected chi connectivity index (χ0v) is 14.6. The molecule has 2 amide bonds. The first-order chi connectivity index (χ1) is 11.5. The molecule has 2 aliphatic rings. The molecule has 1 unspecified atom stereocenters. The molecule has 24 heavy (non-hydrogen) atoms. The molecule has 0 saturated carbocycles. The van der Waals surface area contributed by atoms with Gasteiger partial charge in [0.2, 0.25) is 0 Å². The van der Waals surface area contributed by atoms with Crippen LogP contribution in [-0.4, -0.2) is 67.2 Å². The Balaban J connectivity index is 1.84. The summed E-state index contributed by atoms with van der Waals surface area (Å²) in [5.41, 5.74) is 0.294. The number of hydrogen-bond acceptors (Lipinski definition) is 5. The Bertz CT molecular complexity index is 690. The number of ether oxygens (including phenoxy) is 1. The third kappa shape index (κ3) is 2.94. The lowest BCUT2D eigenvalue weighted by Crippen LogP contribution is -2.49. The summed E-state index contributed by atoms with van der Waals surface area (Å²) in [6.45, 7) is 3.03. The largest absolute Gasteiger partial charge is 0.493 e. The maximum Gasteiger partial charge on any atom is 0.320 e. The molecule has 0 radical (unpaired) electrons. The second-order valence-electron chi connectivity index (χ2n) is 6.10. The molecule has 1 aromatic rings. The lowest BCUT2D eigenvalue weighted by Gasteiger charge is -2.38. The van der Waals surface area contributed by atoms with Crippen LogP contribution in [0.4, 0.5) is 10.6 Å². The van der Waals surface area contributed by atoms with E-state index in [-0.39, 0.29) is 17.2 Å². The third-order valence-electron chi connectivity index (χ3n) is 4.65. The Morgan fingerprint density at radius 1 is 1.42 bits per heavy atom. The number of carbonyl (C=O) groups excluding carboxylic acids is 1. The molecule has 0 N–H and O–H groups in total. The van der Waals surface area contributed by atoms with Crippen molar-refractivity contribution < 1.29 is 9.53 Å². The standard InChI is InChI=1S/C16H20ClN5O2/c1-20-6-7-22(16(20)23)12-4-3-5-21(10-12)15-13(24-2)8-11(9-18)14(17)19-15/h8,12H,3-7,10H2,1-2H3. The van der Waals surface area contributed by atoms with E-state index < -0.39 is 0 Å². The average Bonchev–Trinajstić information content (AvgIpc) is 2.94. The summed E-state index contributed by atoms with van der Waals surface area (Å²) in [4.78, 5) is 22.4. The summed E-state index contributed by atoms with van der Waals surface area (Å²) in [6.07, 6.45) is 1.93. The highest BCUT2D eigenvalue weighted by atomic mass is 35.5. The maximum absolute atomic E-state index is 12.2. The van der Waals surface area contributed by atoms with E-state index in [1.807, 2.05) is 18.0 Å². The third-order valence-corrected chi connectivity index (χ3v) is 4.94. The number of piperidine rings is 1. The molecule has 7 nitrogen and oxygen atoms in total. The van der Waals surface area contributed by atoms with Gasteiger partial charge in [0.1, 0.15) is 11.2 Å². The molecule has 2 fully saturated rings. The quantitative estimate of drug-likeness (QED) is 0.780. The second kappa shape index (κ2) is 6.73. The Morgan fingerprint density at radius 2 is 2.21 bits per heavy atom. The Morgan fingerprint density at radius 3 is 2.83 bits per heavy atom. The number of nitrogens with zero attached hydrogens (tertiary/aromatic N) is 5. The SMILES string of the molecule is COc1cc(C#N)c(Cl)nc1N1CCCC(N2CCN(C)C2=O)C1. The van der Waals surface area contributed by atoms with Crippen LogP contribution in [0.15, 0.2) is 6.07 Å². The highest BCUT2D eigenvalue weighted by molar-refractivity contribution is 6.30. The molecule has 2 saturated heterocycles. The van der Waals surface area contributed by atoms with Gasteiger partial charge in [0.05, 0.1) is 18.7 Å². The summed E-state index contributed by atoms with van der Waals surface area (Å²) >= 11 is 6.10. The minimum absolute atomic E-state index is 0.0830. The number of rotatable bonds is 3. The molecule has 3 heterocycles. The molecule has 2 aliphatic heterocycles. The number of aromatic nitrogens is 1. The normalized spacial score (nSPS) is 21.2. The van der Waals surface area contributed by atoms with Crippen molar-refractivity contribution in [2.45, 2.75) is 18.9 Å². The monoisotopic (exact) mass is 349 g/mol. The number of anilines is 1. The number of halogens is 1. The van der Waals surface area contributed by atoms with Crippen LogP contribution < -0.4 is 9.64 Å². The van der Waals surface area contributed by atoms with Gasteiger partial charge in [-0.05, 0) is 12.8 Å². The van der Waals surface area contributed by atoms with Crippen molar-refractivity contribution in [1.82, 2.24) is 14.8 Å². The number of urea groups is 1. The summed E-state index contributed by atoms with van der Waals surface area (Å²) < 4.78 is 5.39. The average molecular weight is 350 g/mol. The summed E-state index contributed by atoms with van der Waals surface area (Å²) in [5.74, 6) is 1.16. The van der Waals surface area contributed by atoms with Gasteiger partial charge in [-0.2, -0.15) is 5.26 Å². The van der Waals surface area contributed by atoms with Crippen molar-refractivity contribution >= 4 is 23.4 Å². The van der Waals surface area contributed by atoms with Crippen LogP contribution in [0.25, 0.3) is 0 Å². The van der Waals surface area contributed by atoms with Crippen molar-refractivity contribution in [2.24, 2.45) is 0 Å². The smallest absolute Gasteiger partial charge is 0.320 e. The molecule has 0 aromatic carbocycles. The summed E-state index contributed by atoms with van der Waals surface area (Å²) in [6, 6.07) is 3.86. The summed E-state index contributed by atoms with van der Waals surface area (Å²) in [5, 5.41) is 9.26. The number of carbonyl (C=O) groups is 1. The minimum Gasteiger partial charge on any atom is -0.493 e. The first-order valence-electron chi connectivity index (χ1n) is 7.96. The lowest BCUT2D eigenvalue weighted by molar-refractivity contribution is 0.175. The van der Waals surface area contributed by atoms with E-state index in [1.54, 1.807) is 18.1 Å². The van der Waals surface area contributed by atoms with Gasteiger partial charge in [-0.25, -0.2) is 9.78 Å². The molecule has 1 atom stereocenters. The van der Waals surface area contributed by atoms with Crippen LogP contribution in [0.5, 0.6) is 5.75 Å². The molecule has 3 rings (SSSR count). The lowest BCUT2D eigenvalue weighted by atomic mass is 10.0. The van der Waals surface area contributed by atoms with Gasteiger partial charge in [-0.3, -0.25) is 0 Å². The maximum atomic E-state index is 12.2. The van der Waals surface area contributed by atoms with E-state index in [4.69, 9.17) is 21.6 Å². The van der Waals surface area contributed by atoms with E-state index >= 15 is 0 Å². The van der Waals surface area contributed by atoms with Crippen LogP contribution in [0.1, 0.15) is 18.4 Å². The van der Waals surface area contributed by atoms with Gasteiger partial charge >= 0.3 is 6.03 Å². The molecule has 0 spiro atoms. The number of amides is 2. The second-order valence-corrected chi connectivity index (χ2v) is 6.46. The van der Waals surface area contributed by atoms with Crippen molar-refractivity contribution in [3.05, 3.63) is 16.8 Å². The van der Waals surface area contributed by atoms with E-state index in [0.29, 0.717) is 23.7 Å². The van der Waals surface area contributed by atoms with Gasteiger partial charge in [0.15, 0.2) is 11.6 Å². The number of likely N-dealkylation sites (N-methyl/N-ethyl adjacent to an activating group) is 1. The molecular weight excluding hydrogens is 330 g/mol. The van der Waals surface area contributed by atoms with Gasteiger partial charge in [0, 0.05) is 39.3 Å². The van der Waals surface area contributed by atoms with Gasteiger partial charge in [-0.1, -0.05) is 11.6 Å². The van der Waals surface area contributed by atoms with Crippen molar-refractivity contribution in [3.8, 4) is 11.8 Å². The molecule has 128 valence electrons. The van der Waals surface area contributed by atoms with Crippen LogP contribution in [0.3, 0.4) is 0 Å². The van der Waals surface area contributed by atoms with Crippen LogP contribution in [-0.2, 0) is 0 Å². The highest BCUT2D eigenvalue weighted by Gasteiger charge is 2.35. The Labute approximate surface area is 146 Å². The molecule has 8 heteroatoms. The molecule has 1 aromatic heterocycles. The van der Waals surface area contributed by atoms with Crippen molar-refractivity contribution in [3.63, 3.8) is 0 Å². The number of nitriles is 1. The molecule has 0 aliphatic carbocycles. The number of hydrogen-bond donors (Lipinski definition) is 0. The van der Waals surface area contributed by atoms with E-state index in [2.05, 4.69) is 9.88 Å². The van der Waals surface area contributed by atoms with Gasteiger partial charge in [-0.15, -0.1) is 0 Å². The van der Waals surface area contributed by atoms with Gasteiger partial charge < -0.3 is 19.4 Å². The fourth-order valence-corrected chi connectivity index (χ4v) is 3.50. The fourth-order valence-electron chi connectivity index (χ4n) is 3.33. The first-order valence-corrected chi connectivity index (χ1v) is 8.34. The minimum atomic E-state index is 0.0830.